The van der Waals surface area contributed by atoms with Crippen LogP contribution in [-0.2, 0) is 0 Å². The fourth-order valence-electron chi connectivity index (χ4n) is 2.35. The number of carbonyl (C=O) groups is 1. The Kier molecular flexibility index (Phi) is 5.55. The first-order valence-electron chi connectivity index (χ1n) is 8.29. The summed E-state index contributed by atoms with van der Waals surface area (Å²) in [4.78, 5) is 26.2. The van der Waals surface area contributed by atoms with Gasteiger partial charge in [0.05, 0.1) is 16.2 Å². The van der Waals surface area contributed by atoms with E-state index in [-0.39, 0.29) is 5.69 Å². The van der Waals surface area contributed by atoms with Gasteiger partial charge in [0, 0.05) is 12.3 Å². The molecule has 140 valence electrons. The van der Waals surface area contributed by atoms with Crippen LogP contribution in [0.2, 0.25) is 0 Å². The molecule has 0 bridgehead atoms. The lowest BCUT2D eigenvalue weighted by atomic mass is 10.1. The Morgan fingerprint density at radius 2 is 1.75 bits per heavy atom. The van der Waals surface area contributed by atoms with Crippen LogP contribution in [0.4, 0.5) is 15.8 Å². The van der Waals surface area contributed by atoms with Gasteiger partial charge in [0.2, 0.25) is 5.82 Å². The van der Waals surface area contributed by atoms with Crippen LogP contribution in [-0.4, -0.2) is 17.1 Å². The van der Waals surface area contributed by atoms with Crippen molar-refractivity contribution in [2.24, 2.45) is 4.99 Å². The zero-order chi connectivity index (χ0) is 20.1. The monoisotopic (exact) mass is 378 g/mol. The van der Waals surface area contributed by atoms with E-state index in [1.807, 2.05) is 19.1 Å². The van der Waals surface area contributed by atoms with Gasteiger partial charge in [-0.1, -0.05) is 17.7 Å². The van der Waals surface area contributed by atoms with Crippen LogP contribution in [0.1, 0.15) is 21.5 Å². The molecule has 0 atom stereocenters. The number of nitrogens with zero attached hydrogens (tertiary/aromatic N) is 2. The molecular formula is C21H15FN2O4. The molecule has 0 amide bonds. The molecule has 0 saturated carbocycles. The third-order valence-electron chi connectivity index (χ3n) is 3.87. The van der Waals surface area contributed by atoms with Gasteiger partial charge < -0.3 is 4.74 Å². The van der Waals surface area contributed by atoms with Crippen molar-refractivity contribution in [1.29, 1.82) is 0 Å². The summed E-state index contributed by atoms with van der Waals surface area (Å²) in [5.41, 5.74) is 1.80. The first-order valence-corrected chi connectivity index (χ1v) is 8.29. The summed E-state index contributed by atoms with van der Waals surface area (Å²) in [6.45, 7) is 1.93. The van der Waals surface area contributed by atoms with Crippen molar-refractivity contribution in [1.82, 2.24) is 0 Å². The molecule has 7 heteroatoms. The van der Waals surface area contributed by atoms with Gasteiger partial charge in [0.15, 0.2) is 0 Å². The molecule has 6 nitrogen and oxygen atoms in total. The molecule has 0 saturated heterocycles. The highest BCUT2D eigenvalue weighted by Crippen LogP contribution is 2.23. The summed E-state index contributed by atoms with van der Waals surface area (Å²) >= 11 is 0. The third kappa shape index (κ3) is 4.64. The van der Waals surface area contributed by atoms with Crippen molar-refractivity contribution in [3.63, 3.8) is 0 Å². The summed E-state index contributed by atoms with van der Waals surface area (Å²) in [6, 6.07) is 17.0. The predicted octanol–water partition coefficient (Wildman–Crippen LogP) is 5.01. The fourth-order valence-corrected chi connectivity index (χ4v) is 2.35. The molecule has 0 radical (unpaired) electrons. The number of hydrogen-bond donors (Lipinski definition) is 0. The number of nitro groups is 1. The minimum atomic E-state index is -0.913. The van der Waals surface area contributed by atoms with Crippen molar-refractivity contribution in [2.75, 3.05) is 0 Å². The van der Waals surface area contributed by atoms with E-state index in [1.54, 1.807) is 36.4 Å². The number of aryl methyl sites for hydroxylation is 1. The molecule has 3 rings (SSSR count). The summed E-state index contributed by atoms with van der Waals surface area (Å²) in [6.07, 6.45) is 1.47. The van der Waals surface area contributed by atoms with E-state index in [2.05, 4.69) is 4.99 Å². The second kappa shape index (κ2) is 8.22. The largest absolute Gasteiger partial charge is 0.423 e. The first-order chi connectivity index (χ1) is 13.4. The lowest BCUT2D eigenvalue weighted by molar-refractivity contribution is -0.387. The molecule has 28 heavy (non-hydrogen) atoms. The molecule has 0 aromatic heterocycles. The highest BCUT2D eigenvalue weighted by atomic mass is 19.1. The second-order valence-electron chi connectivity index (χ2n) is 5.98. The molecule has 3 aromatic rings. The maximum Gasteiger partial charge on any atom is 0.343 e. The molecule has 0 spiro atoms. The van der Waals surface area contributed by atoms with Crippen LogP contribution < -0.4 is 4.74 Å². The highest BCUT2D eigenvalue weighted by Gasteiger charge is 2.13. The molecule has 0 aliphatic carbocycles. The van der Waals surface area contributed by atoms with Crippen molar-refractivity contribution in [3.05, 3.63) is 99.4 Å². The van der Waals surface area contributed by atoms with Crippen molar-refractivity contribution in [2.45, 2.75) is 6.92 Å². The van der Waals surface area contributed by atoms with Crippen molar-refractivity contribution < 1.29 is 18.8 Å². The van der Waals surface area contributed by atoms with Crippen LogP contribution in [0.5, 0.6) is 5.75 Å². The minimum absolute atomic E-state index is 0.253. The maximum absolute atomic E-state index is 13.3. The van der Waals surface area contributed by atoms with Crippen LogP contribution in [0.3, 0.4) is 0 Å². The Morgan fingerprint density at radius 1 is 1.07 bits per heavy atom. The van der Waals surface area contributed by atoms with Crippen LogP contribution in [0, 0.1) is 22.9 Å². The summed E-state index contributed by atoms with van der Waals surface area (Å²) in [7, 11) is 0. The lowest BCUT2D eigenvalue weighted by Gasteiger charge is -2.05. The van der Waals surface area contributed by atoms with E-state index in [9.17, 15) is 19.3 Å². The fraction of sp³-hybridized carbons (Fsp3) is 0.0476. The zero-order valence-electron chi connectivity index (χ0n) is 14.8. The number of ether oxygens (including phenoxy) is 1. The SMILES string of the molecule is Cc1ccc(C(=O)Oc2ccc(C=Nc3ccc(F)c([N+](=O)[O-])c3)cc2)cc1. The molecule has 0 N–H and O–H groups in total. The molecule has 0 heterocycles. The van der Waals surface area contributed by atoms with Gasteiger partial charge in [0.25, 0.3) is 0 Å². The Bertz CT molecular complexity index is 1050. The van der Waals surface area contributed by atoms with Gasteiger partial charge in [-0.15, -0.1) is 0 Å². The third-order valence-corrected chi connectivity index (χ3v) is 3.87. The Balaban J connectivity index is 1.68. The van der Waals surface area contributed by atoms with E-state index in [1.165, 1.54) is 12.3 Å². The molecular weight excluding hydrogens is 363 g/mol. The van der Waals surface area contributed by atoms with Gasteiger partial charge >= 0.3 is 11.7 Å². The lowest BCUT2D eigenvalue weighted by Crippen LogP contribution is -2.08. The standard InChI is InChI=1S/C21H15FN2O4/c1-14-2-6-16(7-3-14)21(25)28-18-9-4-15(5-10-18)13-23-17-8-11-19(22)20(12-17)24(26)27/h2-13H,1H3. The number of rotatable bonds is 5. The quantitative estimate of drug-likeness (QED) is 0.205. The van der Waals surface area contributed by atoms with E-state index in [4.69, 9.17) is 4.74 Å². The molecule has 0 unspecified atom stereocenters. The topological polar surface area (TPSA) is 81.8 Å². The first kappa shape index (κ1) is 18.9. The number of halogens is 1. The van der Waals surface area contributed by atoms with Crippen LogP contribution >= 0.6 is 0 Å². The Labute approximate surface area is 160 Å². The minimum Gasteiger partial charge on any atom is -0.423 e. The highest BCUT2D eigenvalue weighted by molar-refractivity contribution is 5.91. The molecule has 3 aromatic carbocycles. The number of nitro benzene ring substituents is 1. The average molecular weight is 378 g/mol. The van der Waals surface area contributed by atoms with E-state index in [0.29, 0.717) is 16.9 Å². The van der Waals surface area contributed by atoms with Gasteiger partial charge in [-0.2, -0.15) is 4.39 Å². The summed E-state index contributed by atoms with van der Waals surface area (Å²) in [5.74, 6) is -0.996. The van der Waals surface area contributed by atoms with Gasteiger partial charge in [0.1, 0.15) is 5.75 Å². The number of carbonyl (C=O) groups excluding carboxylic acids is 1. The number of aliphatic imine (C=N–C) groups is 1. The normalized spacial score (nSPS) is 10.8. The van der Waals surface area contributed by atoms with E-state index in [0.717, 1.165) is 17.7 Å². The second-order valence-corrected chi connectivity index (χ2v) is 5.98. The van der Waals surface area contributed by atoms with Gasteiger partial charge in [-0.05, 0) is 61.0 Å². The Hall–Kier alpha value is -3.87. The summed E-state index contributed by atoms with van der Waals surface area (Å²) < 4.78 is 18.7. The van der Waals surface area contributed by atoms with E-state index >= 15 is 0 Å². The smallest absolute Gasteiger partial charge is 0.343 e. The van der Waals surface area contributed by atoms with Crippen molar-refractivity contribution >= 4 is 23.6 Å². The van der Waals surface area contributed by atoms with E-state index < -0.39 is 22.4 Å². The zero-order valence-corrected chi connectivity index (χ0v) is 14.8. The van der Waals surface area contributed by atoms with Gasteiger partial charge in [-0.3, -0.25) is 15.1 Å². The Morgan fingerprint density at radius 3 is 2.39 bits per heavy atom. The number of esters is 1. The number of hydrogen-bond acceptors (Lipinski definition) is 5. The van der Waals surface area contributed by atoms with Gasteiger partial charge in [-0.25, -0.2) is 4.79 Å². The number of benzene rings is 3. The predicted molar refractivity (Wildman–Crippen MR) is 103 cm³/mol. The van der Waals surface area contributed by atoms with Crippen molar-refractivity contribution in [3.8, 4) is 5.75 Å². The van der Waals surface area contributed by atoms with Crippen LogP contribution in [0.25, 0.3) is 0 Å². The molecule has 0 aliphatic heterocycles. The summed E-state index contributed by atoms with van der Waals surface area (Å²) in [5, 5.41) is 10.8. The molecule has 0 fully saturated rings. The van der Waals surface area contributed by atoms with Crippen LogP contribution in [0.15, 0.2) is 71.7 Å². The average Bonchev–Trinajstić information content (AvgIpc) is 2.68. The maximum atomic E-state index is 13.3. The molecule has 0 aliphatic rings.